The summed E-state index contributed by atoms with van der Waals surface area (Å²) in [7, 11) is 1.11. The van der Waals surface area contributed by atoms with Crippen LogP contribution < -0.4 is 0 Å². The molecule has 6 nitrogen and oxygen atoms in total. The smallest absolute Gasteiger partial charge is 0.348 e. The van der Waals surface area contributed by atoms with Crippen LogP contribution in [-0.2, 0) is 37.0 Å². The second kappa shape index (κ2) is 10.1. The number of hydrogen-bond donors (Lipinski definition) is 0. The number of carbonyl (C=O) groups is 2. The Balaban J connectivity index is 2.16. The lowest BCUT2D eigenvalue weighted by Crippen LogP contribution is -2.15. The van der Waals surface area contributed by atoms with E-state index in [1.54, 1.807) is 26.8 Å². The molecule has 0 saturated heterocycles. The molecule has 0 aromatic heterocycles. The highest BCUT2D eigenvalue weighted by Crippen LogP contribution is 2.60. The summed E-state index contributed by atoms with van der Waals surface area (Å²) >= 11 is 0. The van der Waals surface area contributed by atoms with Crippen molar-refractivity contribution >= 4 is 11.9 Å². The number of nitriles is 1. The molecule has 0 spiro atoms. The maximum Gasteiger partial charge on any atom is 0.348 e. The first kappa shape index (κ1) is 25.3. The third kappa shape index (κ3) is 4.93. The molecule has 0 N–H and O–H groups in total. The predicted molar refractivity (Wildman–Crippen MR) is 102 cm³/mol. The van der Waals surface area contributed by atoms with E-state index in [9.17, 15) is 32.4 Å². The lowest BCUT2D eigenvalue weighted by molar-refractivity contribution is -0.147. The van der Waals surface area contributed by atoms with Crippen LogP contribution in [0.4, 0.5) is 17.6 Å². The standard InChI is InChI=1S/C22H23F4NO5/c1-5-6-31-20(28)11(8-27)7-14-15(22(14,2)3)21(29)32-10-13-18(25)16(23)12(9-30-4)17(24)19(13)26/h7,14-15H,5-6,9-10H2,1-4H3. The van der Waals surface area contributed by atoms with Crippen LogP contribution >= 0.6 is 0 Å². The SMILES string of the molecule is CCCOC(=O)C(C#N)=CC1C(C(=O)OCc2c(F)c(F)c(COC)c(F)c2F)C1(C)C. The van der Waals surface area contributed by atoms with E-state index >= 15 is 0 Å². The summed E-state index contributed by atoms with van der Waals surface area (Å²) in [5, 5.41) is 9.19. The molecule has 0 amide bonds. The van der Waals surface area contributed by atoms with E-state index in [0.29, 0.717) is 6.42 Å². The van der Waals surface area contributed by atoms with E-state index in [1.165, 1.54) is 6.08 Å². The molecule has 1 aromatic rings. The molecule has 1 saturated carbocycles. The molecule has 1 aliphatic rings. The quantitative estimate of drug-likeness (QED) is 0.182. The summed E-state index contributed by atoms with van der Waals surface area (Å²) in [6, 6.07) is 1.72. The van der Waals surface area contributed by atoms with Gasteiger partial charge in [0.2, 0.25) is 0 Å². The van der Waals surface area contributed by atoms with Gasteiger partial charge in [0, 0.05) is 7.11 Å². The predicted octanol–water partition coefficient (Wildman–Crippen LogP) is 4.11. The van der Waals surface area contributed by atoms with Crippen molar-refractivity contribution in [1.29, 1.82) is 5.26 Å². The number of allylic oxidation sites excluding steroid dienone is 1. The van der Waals surface area contributed by atoms with Crippen molar-refractivity contribution in [1.82, 2.24) is 0 Å². The number of nitrogens with zero attached hydrogens (tertiary/aromatic N) is 1. The number of benzene rings is 1. The van der Waals surface area contributed by atoms with Gasteiger partial charge in [-0.3, -0.25) is 4.79 Å². The fourth-order valence-corrected chi connectivity index (χ4v) is 3.40. The summed E-state index contributed by atoms with van der Waals surface area (Å²) in [4.78, 5) is 24.4. The van der Waals surface area contributed by atoms with Crippen molar-refractivity contribution in [3.8, 4) is 6.07 Å². The number of halogens is 4. The summed E-state index contributed by atoms with van der Waals surface area (Å²) < 4.78 is 70.8. The van der Waals surface area contributed by atoms with Crippen LogP contribution in [0.25, 0.3) is 0 Å². The van der Waals surface area contributed by atoms with E-state index in [1.807, 2.05) is 0 Å². The Kier molecular flexibility index (Phi) is 8.02. The molecule has 10 heteroatoms. The third-order valence-corrected chi connectivity index (χ3v) is 5.38. The first-order valence-corrected chi connectivity index (χ1v) is 9.81. The van der Waals surface area contributed by atoms with Gasteiger partial charge in [0.1, 0.15) is 18.2 Å². The lowest BCUT2D eigenvalue weighted by Gasteiger charge is -2.12. The molecular weight excluding hydrogens is 434 g/mol. The van der Waals surface area contributed by atoms with E-state index in [2.05, 4.69) is 4.74 Å². The van der Waals surface area contributed by atoms with Gasteiger partial charge in [-0.2, -0.15) is 5.26 Å². The molecule has 1 aliphatic carbocycles. The normalized spacial score (nSPS) is 19.3. The Morgan fingerprint density at radius 2 is 1.56 bits per heavy atom. The topological polar surface area (TPSA) is 85.6 Å². The zero-order chi connectivity index (χ0) is 24.2. The molecule has 32 heavy (non-hydrogen) atoms. The van der Waals surface area contributed by atoms with Crippen molar-refractivity contribution in [3.63, 3.8) is 0 Å². The number of hydrogen-bond acceptors (Lipinski definition) is 6. The van der Waals surface area contributed by atoms with Gasteiger partial charge in [-0.05, 0) is 17.8 Å². The monoisotopic (exact) mass is 457 g/mol. The molecule has 0 aliphatic heterocycles. The van der Waals surface area contributed by atoms with Gasteiger partial charge in [0.05, 0.1) is 30.3 Å². The molecular formula is C22H23F4NO5. The van der Waals surface area contributed by atoms with Crippen LogP contribution in [0.3, 0.4) is 0 Å². The van der Waals surface area contributed by atoms with Crippen molar-refractivity contribution in [2.75, 3.05) is 13.7 Å². The average molecular weight is 457 g/mol. The molecule has 2 atom stereocenters. The number of carbonyl (C=O) groups excluding carboxylic acids is 2. The number of esters is 2. The number of methoxy groups -OCH3 is 1. The molecule has 0 heterocycles. The summed E-state index contributed by atoms with van der Waals surface area (Å²) in [5.41, 5.74) is -2.98. The van der Waals surface area contributed by atoms with Crippen molar-refractivity contribution in [2.24, 2.45) is 17.3 Å². The maximum atomic E-state index is 14.2. The van der Waals surface area contributed by atoms with Gasteiger partial charge in [-0.15, -0.1) is 0 Å². The van der Waals surface area contributed by atoms with E-state index in [-0.39, 0.29) is 12.2 Å². The Morgan fingerprint density at radius 3 is 2.03 bits per heavy atom. The number of ether oxygens (including phenoxy) is 3. The van der Waals surface area contributed by atoms with Crippen LogP contribution in [0.2, 0.25) is 0 Å². The molecule has 2 rings (SSSR count). The van der Waals surface area contributed by atoms with Crippen molar-refractivity contribution in [2.45, 2.75) is 40.4 Å². The minimum atomic E-state index is -1.68. The second-order valence-electron chi connectivity index (χ2n) is 7.91. The second-order valence-corrected chi connectivity index (χ2v) is 7.91. The molecule has 0 radical (unpaired) electrons. The first-order chi connectivity index (χ1) is 15.0. The third-order valence-electron chi connectivity index (χ3n) is 5.38. The lowest BCUT2D eigenvalue weighted by atomic mass is 10.1. The zero-order valence-electron chi connectivity index (χ0n) is 18.1. The Labute approximate surface area is 182 Å². The zero-order valence-corrected chi connectivity index (χ0v) is 18.1. The van der Waals surface area contributed by atoms with E-state index in [0.717, 1.165) is 7.11 Å². The highest BCUT2D eigenvalue weighted by molar-refractivity contribution is 5.93. The van der Waals surface area contributed by atoms with Gasteiger partial charge < -0.3 is 14.2 Å². The van der Waals surface area contributed by atoms with Crippen LogP contribution in [0, 0.1) is 51.9 Å². The summed E-state index contributed by atoms with van der Waals surface area (Å²) in [6.07, 6.45) is 1.86. The largest absolute Gasteiger partial charge is 0.462 e. The fraction of sp³-hybridized carbons (Fsp3) is 0.500. The highest BCUT2D eigenvalue weighted by atomic mass is 19.2. The van der Waals surface area contributed by atoms with E-state index < -0.39 is 76.8 Å². The first-order valence-electron chi connectivity index (χ1n) is 9.81. The van der Waals surface area contributed by atoms with Crippen LogP contribution in [0.15, 0.2) is 11.6 Å². The van der Waals surface area contributed by atoms with Crippen molar-refractivity contribution in [3.05, 3.63) is 46.0 Å². The minimum Gasteiger partial charge on any atom is -0.462 e. The molecule has 0 bridgehead atoms. The van der Waals surface area contributed by atoms with Gasteiger partial charge >= 0.3 is 11.9 Å². The average Bonchev–Trinajstić information content (AvgIpc) is 3.31. The summed E-state index contributed by atoms with van der Waals surface area (Å²) in [6.45, 7) is 3.54. The van der Waals surface area contributed by atoms with Gasteiger partial charge in [0.25, 0.3) is 0 Å². The minimum absolute atomic E-state index is 0.130. The Morgan fingerprint density at radius 1 is 1.03 bits per heavy atom. The maximum absolute atomic E-state index is 14.2. The Hall–Kier alpha value is -2.93. The van der Waals surface area contributed by atoms with Gasteiger partial charge in [0.15, 0.2) is 23.3 Å². The Bertz CT molecular complexity index is 955. The van der Waals surface area contributed by atoms with Gasteiger partial charge in [-0.1, -0.05) is 26.8 Å². The molecule has 1 fully saturated rings. The summed E-state index contributed by atoms with van der Waals surface area (Å²) in [5.74, 6) is -9.75. The number of rotatable bonds is 9. The van der Waals surface area contributed by atoms with Crippen molar-refractivity contribution < 1.29 is 41.4 Å². The molecule has 1 aromatic carbocycles. The molecule has 2 unspecified atom stereocenters. The van der Waals surface area contributed by atoms with Crippen LogP contribution in [0.1, 0.15) is 38.3 Å². The van der Waals surface area contributed by atoms with E-state index in [4.69, 9.17) is 9.47 Å². The van der Waals surface area contributed by atoms with Gasteiger partial charge in [-0.25, -0.2) is 22.4 Å². The molecule has 174 valence electrons. The van der Waals surface area contributed by atoms with Crippen LogP contribution in [-0.4, -0.2) is 25.7 Å². The highest BCUT2D eigenvalue weighted by Gasteiger charge is 2.62. The fourth-order valence-electron chi connectivity index (χ4n) is 3.40. The van der Waals surface area contributed by atoms with Crippen LogP contribution in [0.5, 0.6) is 0 Å².